The molecule has 0 bridgehead atoms. The molecule has 1 atom stereocenters. The highest BCUT2D eigenvalue weighted by Crippen LogP contribution is 2.29. The minimum Gasteiger partial charge on any atom is -0.497 e. The molecule has 1 N–H and O–H groups in total. The number of rotatable bonds is 7. The van der Waals surface area contributed by atoms with Crippen molar-refractivity contribution in [1.29, 1.82) is 0 Å². The first-order valence-electron chi connectivity index (χ1n) is 7.74. The van der Waals surface area contributed by atoms with Crippen molar-refractivity contribution < 1.29 is 17.9 Å². The Morgan fingerprint density at radius 3 is 2.25 bits per heavy atom. The van der Waals surface area contributed by atoms with Crippen LogP contribution in [0.4, 0.5) is 0 Å². The van der Waals surface area contributed by atoms with Crippen LogP contribution in [0.5, 0.6) is 11.5 Å². The zero-order valence-electron chi connectivity index (χ0n) is 14.4. The highest BCUT2D eigenvalue weighted by Gasteiger charge is 2.23. The van der Waals surface area contributed by atoms with Crippen molar-refractivity contribution in [3.63, 3.8) is 0 Å². The first-order valence-corrected chi connectivity index (χ1v) is 9.22. The molecule has 24 heavy (non-hydrogen) atoms. The first kappa shape index (κ1) is 18.3. The van der Waals surface area contributed by atoms with Crippen LogP contribution in [-0.2, 0) is 16.4 Å². The van der Waals surface area contributed by atoms with Crippen LogP contribution in [0.3, 0.4) is 0 Å². The van der Waals surface area contributed by atoms with Crippen LogP contribution in [0.2, 0.25) is 0 Å². The van der Waals surface area contributed by atoms with E-state index in [4.69, 9.17) is 9.47 Å². The van der Waals surface area contributed by atoms with E-state index < -0.39 is 10.0 Å². The second-order valence-corrected chi connectivity index (χ2v) is 7.14. The third-order valence-electron chi connectivity index (χ3n) is 3.88. The van der Waals surface area contributed by atoms with Crippen molar-refractivity contribution in [1.82, 2.24) is 4.72 Å². The van der Waals surface area contributed by atoms with Gasteiger partial charge in [-0.2, -0.15) is 0 Å². The van der Waals surface area contributed by atoms with Gasteiger partial charge >= 0.3 is 0 Å². The van der Waals surface area contributed by atoms with E-state index in [9.17, 15) is 8.42 Å². The Bertz CT molecular complexity index is 785. The molecule has 0 aliphatic heterocycles. The van der Waals surface area contributed by atoms with Gasteiger partial charge in [0.2, 0.25) is 10.0 Å². The molecule has 2 aromatic carbocycles. The summed E-state index contributed by atoms with van der Waals surface area (Å²) < 4.78 is 38.4. The number of benzene rings is 2. The minimum atomic E-state index is -3.72. The normalized spacial score (nSPS) is 12.7. The number of aryl methyl sites for hydroxylation is 1. The van der Waals surface area contributed by atoms with Crippen LogP contribution in [-0.4, -0.2) is 22.6 Å². The lowest BCUT2D eigenvalue weighted by Crippen LogP contribution is -2.27. The van der Waals surface area contributed by atoms with Gasteiger partial charge in [-0.25, -0.2) is 13.1 Å². The van der Waals surface area contributed by atoms with E-state index in [-0.39, 0.29) is 16.7 Å². The summed E-state index contributed by atoms with van der Waals surface area (Å²) in [7, 11) is -0.773. The van der Waals surface area contributed by atoms with Crippen molar-refractivity contribution >= 4 is 10.0 Å². The predicted molar refractivity (Wildman–Crippen MR) is 94.1 cm³/mol. The number of ether oxygens (including phenoxy) is 2. The monoisotopic (exact) mass is 349 g/mol. The smallest absolute Gasteiger partial charge is 0.244 e. The van der Waals surface area contributed by atoms with Crippen molar-refractivity contribution in [2.24, 2.45) is 0 Å². The van der Waals surface area contributed by atoms with Crippen LogP contribution in [0, 0.1) is 0 Å². The van der Waals surface area contributed by atoms with E-state index in [1.807, 2.05) is 31.2 Å². The molecular formula is C18H23NO4S. The fourth-order valence-corrected chi connectivity index (χ4v) is 3.79. The van der Waals surface area contributed by atoms with Crippen molar-refractivity contribution in [3.8, 4) is 11.5 Å². The zero-order valence-corrected chi connectivity index (χ0v) is 15.2. The van der Waals surface area contributed by atoms with Crippen LogP contribution in [0.1, 0.15) is 31.0 Å². The maximum Gasteiger partial charge on any atom is 0.244 e. The van der Waals surface area contributed by atoms with E-state index in [2.05, 4.69) is 11.6 Å². The van der Waals surface area contributed by atoms with Gasteiger partial charge in [-0.05, 0) is 36.6 Å². The molecule has 1 unspecified atom stereocenters. The molecule has 0 aromatic heterocycles. The number of hydrogen-bond donors (Lipinski definition) is 1. The summed E-state index contributed by atoms with van der Waals surface area (Å²) in [4.78, 5) is 0.0860. The van der Waals surface area contributed by atoms with Gasteiger partial charge in [-0.15, -0.1) is 0 Å². The van der Waals surface area contributed by atoms with Gasteiger partial charge in [0.1, 0.15) is 16.4 Å². The average Bonchev–Trinajstić information content (AvgIpc) is 2.60. The van der Waals surface area contributed by atoms with Gasteiger partial charge in [0.25, 0.3) is 0 Å². The summed E-state index contributed by atoms with van der Waals surface area (Å²) in [6.45, 7) is 3.89. The molecule has 2 aromatic rings. The summed E-state index contributed by atoms with van der Waals surface area (Å²) in [5, 5.41) is 0. The van der Waals surface area contributed by atoms with E-state index in [0.717, 1.165) is 12.0 Å². The molecule has 0 aliphatic rings. The standard InChI is InChI=1S/C18H23NO4S/c1-5-14-6-8-15(9-7-14)13(2)19-24(20,21)18-11-10-16(22-3)12-17(18)23-4/h6-13,19H,5H2,1-4H3. The van der Waals surface area contributed by atoms with Crippen molar-refractivity contribution in [2.75, 3.05) is 14.2 Å². The molecule has 0 saturated heterocycles. The lowest BCUT2D eigenvalue weighted by Gasteiger charge is -2.17. The average molecular weight is 349 g/mol. The second kappa shape index (κ2) is 7.68. The van der Waals surface area contributed by atoms with Crippen LogP contribution >= 0.6 is 0 Å². The summed E-state index contributed by atoms with van der Waals surface area (Å²) in [6, 6.07) is 12.2. The van der Waals surface area contributed by atoms with Crippen LogP contribution < -0.4 is 14.2 Å². The Morgan fingerprint density at radius 2 is 1.71 bits per heavy atom. The molecule has 0 radical (unpaired) electrons. The molecule has 0 aliphatic carbocycles. The first-order chi connectivity index (χ1) is 11.4. The molecule has 0 heterocycles. The molecule has 0 saturated carbocycles. The Hall–Kier alpha value is -2.05. The molecule has 5 nitrogen and oxygen atoms in total. The van der Waals surface area contributed by atoms with Gasteiger partial charge in [0.05, 0.1) is 14.2 Å². The molecule has 2 rings (SSSR count). The molecule has 6 heteroatoms. The summed E-state index contributed by atoms with van der Waals surface area (Å²) >= 11 is 0. The summed E-state index contributed by atoms with van der Waals surface area (Å²) in [6.07, 6.45) is 0.948. The summed E-state index contributed by atoms with van der Waals surface area (Å²) in [5.74, 6) is 0.782. The Kier molecular flexibility index (Phi) is 5.85. The lowest BCUT2D eigenvalue weighted by molar-refractivity contribution is 0.385. The van der Waals surface area contributed by atoms with Crippen LogP contribution in [0.15, 0.2) is 47.4 Å². The minimum absolute atomic E-state index is 0.0860. The van der Waals surface area contributed by atoms with Crippen LogP contribution in [0.25, 0.3) is 0 Å². The second-order valence-electron chi connectivity index (χ2n) is 5.45. The SMILES string of the molecule is CCc1ccc(C(C)NS(=O)(=O)c2ccc(OC)cc2OC)cc1. The molecular weight excluding hydrogens is 326 g/mol. The number of sulfonamides is 1. The van der Waals surface area contributed by atoms with Gasteiger partial charge < -0.3 is 9.47 Å². The van der Waals surface area contributed by atoms with Crippen molar-refractivity contribution in [2.45, 2.75) is 31.2 Å². The van der Waals surface area contributed by atoms with E-state index in [1.165, 1.54) is 25.8 Å². The predicted octanol–water partition coefficient (Wildman–Crippen LogP) is 3.31. The Morgan fingerprint density at radius 1 is 1.04 bits per heavy atom. The fraction of sp³-hybridized carbons (Fsp3) is 0.333. The molecule has 0 fully saturated rings. The number of hydrogen-bond acceptors (Lipinski definition) is 4. The van der Waals surface area contributed by atoms with E-state index in [0.29, 0.717) is 5.75 Å². The Labute approximate surface area is 143 Å². The highest BCUT2D eigenvalue weighted by molar-refractivity contribution is 7.89. The lowest BCUT2D eigenvalue weighted by atomic mass is 10.1. The summed E-state index contributed by atoms with van der Waals surface area (Å²) in [5.41, 5.74) is 2.12. The zero-order chi connectivity index (χ0) is 17.7. The molecule has 0 spiro atoms. The quantitative estimate of drug-likeness (QED) is 0.833. The van der Waals surface area contributed by atoms with Gasteiger partial charge in [-0.3, -0.25) is 0 Å². The fourth-order valence-electron chi connectivity index (χ4n) is 2.40. The third kappa shape index (κ3) is 4.07. The van der Waals surface area contributed by atoms with E-state index >= 15 is 0 Å². The largest absolute Gasteiger partial charge is 0.497 e. The third-order valence-corrected chi connectivity index (χ3v) is 5.46. The Balaban J connectivity index is 2.26. The maximum atomic E-state index is 12.7. The van der Waals surface area contributed by atoms with Gasteiger partial charge in [-0.1, -0.05) is 31.2 Å². The topological polar surface area (TPSA) is 64.6 Å². The highest BCUT2D eigenvalue weighted by atomic mass is 32.2. The van der Waals surface area contributed by atoms with E-state index in [1.54, 1.807) is 12.1 Å². The number of methoxy groups -OCH3 is 2. The molecule has 0 amide bonds. The maximum absolute atomic E-state index is 12.7. The van der Waals surface area contributed by atoms with Gasteiger partial charge in [0, 0.05) is 12.1 Å². The van der Waals surface area contributed by atoms with Crippen molar-refractivity contribution in [3.05, 3.63) is 53.6 Å². The number of nitrogens with one attached hydrogen (secondary N) is 1. The molecule has 130 valence electrons. The van der Waals surface area contributed by atoms with Gasteiger partial charge in [0.15, 0.2) is 0 Å².